The summed E-state index contributed by atoms with van der Waals surface area (Å²) in [6.07, 6.45) is 10.4. The highest BCUT2D eigenvalue weighted by Gasteiger charge is 2.59. The van der Waals surface area contributed by atoms with Crippen molar-refractivity contribution in [3.63, 3.8) is 0 Å². The number of hydrogen-bond donors (Lipinski definition) is 0. The van der Waals surface area contributed by atoms with Crippen molar-refractivity contribution >= 4 is 18.0 Å². The number of hydrazone groups is 1. The Balaban J connectivity index is 1.26. The third-order valence-electron chi connectivity index (χ3n) is 6.26. The van der Waals surface area contributed by atoms with Gasteiger partial charge in [0.15, 0.2) is 0 Å². The minimum atomic E-state index is -0.207. The lowest BCUT2D eigenvalue weighted by Gasteiger charge is -2.25. The van der Waals surface area contributed by atoms with Crippen LogP contribution >= 0.6 is 0 Å². The van der Waals surface area contributed by atoms with Gasteiger partial charge in [0.1, 0.15) is 11.5 Å². The first kappa shape index (κ1) is 16.0. The fourth-order valence-corrected chi connectivity index (χ4v) is 5.00. The van der Waals surface area contributed by atoms with Gasteiger partial charge < -0.3 is 4.42 Å². The number of imide groups is 1. The van der Waals surface area contributed by atoms with Crippen LogP contribution in [0, 0.1) is 23.7 Å². The summed E-state index contributed by atoms with van der Waals surface area (Å²) in [6, 6.07) is 3.79. The quantitative estimate of drug-likeness (QED) is 0.474. The second-order valence-corrected chi connectivity index (χ2v) is 7.87. The normalized spacial score (nSPS) is 33.8. The van der Waals surface area contributed by atoms with E-state index in [4.69, 9.17) is 4.42 Å². The monoisotopic (exact) mass is 353 g/mol. The van der Waals surface area contributed by atoms with Crippen molar-refractivity contribution in [2.45, 2.75) is 32.2 Å². The number of piperidine rings is 1. The van der Waals surface area contributed by atoms with Gasteiger partial charge >= 0.3 is 0 Å². The van der Waals surface area contributed by atoms with Crippen LogP contribution in [0.3, 0.4) is 0 Å². The van der Waals surface area contributed by atoms with Crippen LogP contribution in [0.2, 0.25) is 0 Å². The van der Waals surface area contributed by atoms with Crippen molar-refractivity contribution < 1.29 is 14.0 Å². The molecule has 2 aliphatic heterocycles. The average molecular weight is 353 g/mol. The Hall–Kier alpha value is -2.21. The Kier molecular flexibility index (Phi) is 3.81. The maximum atomic E-state index is 12.6. The summed E-state index contributed by atoms with van der Waals surface area (Å²) < 4.78 is 5.81. The van der Waals surface area contributed by atoms with Crippen LogP contribution in [-0.2, 0) is 16.1 Å². The molecule has 5 rings (SSSR count). The first-order valence-corrected chi connectivity index (χ1v) is 9.62. The predicted molar refractivity (Wildman–Crippen MR) is 95.0 cm³/mol. The highest BCUT2D eigenvalue weighted by molar-refractivity contribution is 6.06. The van der Waals surface area contributed by atoms with Crippen LogP contribution in [0.4, 0.5) is 0 Å². The maximum Gasteiger partial charge on any atom is 0.254 e. The van der Waals surface area contributed by atoms with E-state index in [1.165, 1.54) is 25.5 Å². The Bertz CT molecular complexity index is 760. The summed E-state index contributed by atoms with van der Waals surface area (Å²) in [5, 5.41) is 5.23. The second-order valence-electron chi connectivity index (χ2n) is 7.87. The second kappa shape index (κ2) is 6.20. The van der Waals surface area contributed by atoms with Gasteiger partial charge in [0.2, 0.25) is 0 Å². The molecule has 2 bridgehead atoms. The smallest absolute Gasteiger partial charge is 0.254 e. The third-order valence-corrected chi connectivity index (χ3v) is 6.26. The van der Waals surface area contributed by atoms with Gasteiger partial charge in [0.05, 0.1) is 24.6 Å². The first-order valence-electron chi connectivity index (χ1n) is 9.62. The van der Waals surface area contributed by atoms with Gasteiger partial charge in [-0.15, -0.1) is 0 Å². The van der Waals surface area contributed by atoms with Gasteiger partial charge in [-0.2, -0.15) is 10.1 Å². The number of hydrogen-bond acceptors (Lipinski definition) is 5. The minimum Gasteiger partial charge on any atom is -0.459 e. The molecule has 0 radical (unpaired) electrons. The Morgan fingerprint density at radius 3 is 2.42 bits per heavy atom. The van der Waals surface area contributed by atoms with Crippen molar-refractivity contribution in [2.75, 3.05) is 13.1 Å². The number of rotatable bonds is 4. The molecule has 136 valence electrons. The highest BCUT2D eigenvalue weighted by Crippen LogP contribution is 2.52. The SMILES string of the molecule is O=C1[C@@H]2[C@@H](C(=O)N1/N=C\c1ccc(CN3CCCCC3)o1)[C@H]1C=C[C@H]2C1. The van der Waals surface area contributed by atoms with E-state index in [9.17, 15) is 9.59 Å². The molecule has 2 aliphatic carbocycles. The largest absolute Gasteiger partial charge is 0.459 e. The molecule has 4 atom stereocenters. The molecule has 3 fully saturated rings. The molecular weight excluding hydrogens is 330 g/mol. The molecule has 1 saturated carbocycles. The molecule has 3 heterocycles. The number of furan rings is 1. The molecule has 0 N–H and O–H groups in total. The van der Waals surface area contributed by atoms with Gasteiger partial charge in [-0.05, 0) is 56.3 Å². The molecule has 26 heavy (non-hydrogen) atoms. The molecule has 2 saturated heterocycles. The zero-order valence-corrected chi connectivity index (χ0v) is 14.7. The average Bonchev–Trinajstić information content (AvgIpc) is 3.41. The summed E-state index contributed by atoms with van der Waals surface area (Å²) in [5.41, 5.74) is 0. The number of carbonyl (C=O) groups is 2. The van der Waals surface area contributed by atoms with Crippen molar-refractivity contribution in [1.82, 2.24) is 9.91 Å². The van der Waals surface area contributed by atoms with E-state index in [1.54, 1.807) is 0 Å². The summed E-state index contributed by atoms with van der Waals surface area (Å²) in [5.74, 6) is 1.16. The number of fused-ring (bicyclic) bond motifs is 5. The molecule has 0 unspecified atom stereocenters. The van der Waals surface area contributed by atoms with Crippen molar-refractivity contribution in [3.8, 4) is 0 Å². The summed E-state index contributed by atoms with van der Waals surface area (Å²) in [4.78, 5) is 27.6. The molecule has 1 aromatic heterocycles. The third kappa shape index (κ3) is 2.55. The van der Waals surface area contributed by atoms with E-state index < -0.39 is 0 Å². The molecule has 4 aliphatic rings. The zero-order chi connectivity index (χ0) is 17.7. The minimum absolute atomic E-state index is 0.159. The van der Waals surface area contributed by atoms with Crippen LogP contribution in [0.25, 0.3) is 0 Å². The Morgan fingerprint density at radius 2 is 1.73 bits per heavy atom. The standard InChI is InChI=1S/C20H23N3O3/c24-19-17-13-4-5-14(10-13)18(17)20(25)23(19)21-11-15-6-7-16(26-15)12-22-8-2-1-3-9-22/h4-7,11,13-14,17-18H,1-3,8-10,12H2/b21-11-/t13-,14-,17-,18-/m0/s1. The highest BCUT2D eigenvalue weighted by atomic mass is 16.3. The molecular formula is C20H23N3O3. The zero-order valence-electron chi connectivity index (χ0n) is 14.7. The van der Waals surface area contributed by atoms with E-state index in [1.807, 2.05) is 12.1 Å². The summed E-state index contributed by atoms with van der Waals surface area (Å²) >= 11 is 0. The van der Waals surface area contributed by atoms with Crippen molar-refractivity contribution in [3.05, 3.63) is 35.8 Å². The summed E-state index contributed by atoms with van der Waals surface area (Å²) in [6.45, 7) is 3.02. The lowest BCUT2D eigenvalue weighted by molar-refractivity contribution is -0.140. The van der Waals surface area contributed by atoms with Crippen LogP contribution in [0.1, 0.15) is 37.2 Å². The number of nitrogens with zero attached hydrogens (tertiary/aromatic N) is 3. The van der Waals surface area contributed by atoms with Crippen molar-refractivity contribution in [1.29, 1.82) is 0 Å². The number of carbonyl (C=O) groups excluding carboxylic acids is 2. The topological polar surface area (TPSA) is 66.1 Å². The van der Waals surface area contributed by atoms with E-state index >= 15 is 0 Å². The fourth-order valence-electron chi connectivity index (χ4n) is 5.00. The molecule has 0 aromatic carbocycles. The first-order chi connectivity index (χ1) is 12.7. The van der Waals surface area contributed by atoms with E-state index in [0.29, 0.717) is 5.76 Å². The van der Waals surface area contributed by atoms with Gasteiger partial charge in [-0.1, -0.05) is 18.6 Å². The summed E-state index contributed by atoms with van der Waals surface area (Å²) in [7, 11) is 0. The van der Waals surface area contributed by atoms with E-state index in [2.05, 4.69) is 22.2 Å². The van der Waals surface area contributed by atoms with Crippen LogP contribution in [0.5, 0.6) is 0 Å². The van der Waals surface area contributed by atoms with Crippen LogP contribution in [-0.4, -0.2) is 41.0 Å². The lowest BCUT2D eigenvalue weighted by atomic mass is 9.85. The Labute approximate surface area is 152 Å². The van der Waals surface area contributed by atoms with E-state index in [-0.39, 0.29) is 35.5 Å². The number of allylic oxidation sites excluding steroid dienone is 2. The fraction of sp³-hybridized carbons (Fsp3) is 0.550. The number of likely N-dealkylation sites (tertiary alicyclic amines) is 1. The number of amides is 2. The molecule has 6 nitrogen and oxygen atoms in total. The molecule has 6 heteroatoms. The molecule has 1 aromatic rings. The van der Waals surface area contributed by atoms with Gasteiger partial charge in [-0.3, -0.25) is 14.5 Å². The van der Waals surface area contributed by atoms with Gasteiger partial charge in [-0.25, -0.2) is 0 Å². The van der Waals surface area contributed by atoms with Crippen LogP contribution < -0.4 is 0 Å². The maximum absolute atomic E-state index is 12.6. The predicted octanol–water partition coefficient (Wildman–Crippen LogP) is 2.41. The Morgan fingerprint density at radius 1 is 1.04 bits per heavy atom. The van der Waals surface area contributed by atoms with Crippen LogP contribution in [0.15, 0.2) is 33.8 Å². The van der Waals surface area contributed by atoms with Gasteiger partial charge in [0.25, 0.3) is 11.8 Å². The molecule has 0 spiro atoms. The van der Waals surface area contributed by atoms with Crippen molar-refractivity contribution in [2.24, 2.45) is 28.8 Å². The van der Waals surface area contributed by atoms with E-state index in [0.717, 1.165) is 36.8 Å². The van der Waals surface area contributed by atoms with Gasteiger partial charge in [0, 0.05) is 0 Å². The lowest BCUT2D eigenvalue weighted by Crippen LogP contribution is -2.28. The molecule has 2 amide bonds.